The number of nitrogens with one attached hydrogen (secondary N) is 3. The van der Waals surface area contributed by atoms with Crippen LogP contribution in [0.25, 0.3) is 10.2 Å². The number of carbonyl (C=O) groups excluding carboxylic acids is 3. The van der Waals surface area contributed by atoms with E-state index in [1.165, 1.54) is 11.3 Å². The number of thiophene rings is 1. The minimum Gasteiger partial charge on any atom is -0.457 e. The van der Waals surface area contributed by atoms with Gasteiger partial charge in [-0.3, -0.25) is 9.69 Å². The van der Waals surface area contributed by atoms with Crippen LogP contribution in [0, 0.1) is 6.92 Å². The number of benzene rings is 2. The number of nitrogens with zero attached hydrogens (tertiary/aromatic N) is 2. The molecule has 3 N–H and O–H groups in total. The number of rotatable bonds is 6. The van der Waals surface area contributed by atoms with E-state index in [9.17, 15) is 14.4 Å². The fourth-order valence-electron chi connectivity index (χ4n) is 5.72. The summed E-state index contributed by atoms with van der Waals surface area (Å²) in [5.74, 6) is 1.07. The molecule has 10 nitrogen and oxygen atoms in total. The largest absolute Gasteiger partial charge is 0.457 e. The summed E-state index contributed by atoms with van der Waals surface area (Å²) >= 11 is 1.23. The van der Waals surface area contributed by atoms with Gasteiger partial charge in [-0.25, -0.2) is 14.6 Å². The second kappa shape index (κ2) is 11.8. The molecule has 0 spiro atoms. The van der Waals surface area contributed by atoms with Gasteiger partial charge in [-0.05, 0) is 82.5 Å². The summed E-state index contributed by atoms with van der Waals surface area (Å²) in [6.07, 6.45) is 4.47. The van der Waals surface area contributed by atoms with Gasteiger partial charge in [0, 0.05) is 12.2 Å². The summed E-state index contributed by atoms with van der Waals surface area (Å²) in [6, 6.07) is 16.0. The zero-order chi connectivity index (χ0) is 31.0. The monoisotopic (exact) mass is 613 g/mol. The molecular weight excluding hydrogens is 578 g/mol. The molecule has 11 heteroatoms. The number of aryl methyl sites for hydroxylation is 1. The van der Waals surface area contributed by atoms with Gasteiger partial charge < -0.3 is 25.4 Å². The number of amides is 4. The van der Waals surface area contributed by atoms with Crippen molar-refractivity contribution in [3.8, 4) is 11.5 Å². The number of ether oxygens (including phenoxy) is 2. The quantitative estimate of drug-likeness (QED) is 0.205. The zero-order valence-corrected chi connectivity index (χ0v) is 25.9. The van der Waals surface area contributed by atoms with Crippen LogP contribution in [-0.4, -0.2) is 40.7 Å². The van der Waals surface area contributed by atoms with Crippen molar-refractivity contribution in [3.05, 3.63) is 71.2 Å². The molecule has 3 heterocycles. The lowest BCUT2D eigenvalue weighted by Crippen LogP contribution is -2.53. The third-order valence-electron chi connectivity index (χ3n) is 7.62. The van der Waals surface area contributed by atoms with Crippen LogP contribution in [0.2, 0.25) is 0 Å². The zero-order valence-electron chi connectivity index (χ0n) is 25.1. The van der Waals surface area contributed by atoms with Crippen LogP contribution in [0.4, 0.5) is 26.7 Å². The molecule has 1 fully saturated rings. The molecule has 0 unspecified atom stereocenters. The van der Waals surface area contributed by atoms with Gasteiger partial charge >= 0.3 is 12.1 Å². The maximum Gasteiger partial charge on any atom is 0.407 e. The van der Waals surface area contributed by atoms with E-state index < -0.39 is 11.7 Å². The topological polar surface area (TPSA) is 122 Å². The molecule has 4 aromatic rings. The third kappa shape index (κ3) is 6.05. The summed E-state index contributed by atoms with van der Waals surface area (Å²) in [4.78, 5) is 47.0. The lowest BCUT2D eigenvalue weighted by Gasteiger charge is -2.33. The number of hydrogen-bond acceptors (Lipinski definition) is 7. The van der Waals surface area contributed by atoms with Crippen molar-refractivity contribution in [3.63, 3.8) is 0 Å². The van der Waals surface area contributed by atoms with E-state index in [2.05, 4.69) is 20.9 Å². The Kier molecular flexibility index (Phi) is 7.89. The molecular formula is C33H35N5O5S. The van der Waals surface area contributed by atoms with E-state index in [1.807, 2.05) is 76.2 Å². The summed E-state index contributed by atoms with van der Waals surface area (Å²) in [5.41, 5.74) is 2.00. The Balaban J connectivity index is 1.26. The average Bonchev–Trinajstić information content (AvgIpc) is 3.34. The highest BCUT2D eigenvalue weighted by molar-refractivity contribution is 7.21. The molecule has 1 aliphatic heterocycles. The summed E-state index contributed by atoms with van der Waals surface area (Å²) in [5, 5.41) is 9.73. The third-order valence-corrected chi connectivity index (χ3v) is 8.72. The molecule has 6 rings (SSSR count). The second-order valence-corrected chi connectivity index (χ2v) is 13.1. The predicted octanol–water partition coefficient (Wildman–Crippen LogP) is 7.65. The van der Waals surface area contributed by atoms with Crippen LogP contribution in [-0.2, 0) is 4.74 Å². The van der Waals surface area contributed by atoms with E-state index >= 15 is 0 Å². The van der Waals surface area contributed by atoms with Gasteiger partial charge in [-0.2, -0.15) is 0 Å². The van der Waals surface area contributed by atoms with E-state index in [1.54, 1.807) is 17.2 Å². The molecule has 2 aromatic carbocycles. The smallest absolute Gasteiger partial charge is 0.407 e. The van der Waals surface area contributed by atoms with Crippen LogP contribution in [0.5, 0.6) is 11.5 Å². The Labute approximate surface area is 259 Å². The Morgan fingerprint density at radius 2 is 1.70 bits per heavy atom. The van der Waals surface area contributed by atoms with Gasteiger partial charge in [0.2, 0.25) is 0 Å². The number of carbonyl (C=O) groups is 3. The SMILES string of the molecule is Cc1cc(Oc2ccccc2)ccc1N1C(=O)Nc2c(C(=O)N[C@@H]3CCCC[C@H]3NC(=O)OC(C)(C)C)sc3nccc1c23. The lowest BCUT2D eigenvalue weighted by molar-refractivity contribution is 0.0475. The maximum atomic E-state index is 13.7. The van der Waals surface area contributed by atoms with Crippen LogP contribution in [0.1, 0.15) is 61.7 Å². The average molecular weight is 614 g/mol. The van der Waals surface area contributed by atoms with Crippen molar-refractivity contribution in [2.24, 2.45) is 0 Å². The van der Waals surface area contributed by atoms with E-state index in [-0.39, 0.29) is 24.0 Å². The normalized spacial score (nSPS) is 18.0. The van der Waals surface area contributed by atoms with Gasteiger partial charge in [0.25, 0.3) is 5.91 Å². The Morgan fingerprint density at radius 3 is 2.41 bits per heavy atom. The summed E-state index contributed by atoms with van der Waals surface area (Å²) < 4.78 is 11.4. The number of para-hydroxylation sites is 1. The lowest BCUT2D eigenvalue weighted by atomic mass is 9.90. The second-order valence-electron chi connectivity index (χ2n) is 12.1. The highest BCUT2D eigenvalue weighted by Crippen LogP contribution is 2.46. The standard InChI is InChI=1S/C33H35N5O5S/c1-19-18-21(42-20-10-6-5-7-11-20)14-15-24(19)38-25-16-17-34-30-26(25)27(37-31(38)40)28(44-30)29(39)35-22-12-8-9-13-23(22)36-32(41)43-33(2,3)4/h5-7,10-11,14-18,22-23H,8-9,12-13H2,1-4H3,(H,35,39)(H,36,41)(H,37,40)/t22-,23-/m1/s1. The van der Waals surface area contributed by atoms with Crippen LogP contribution in [0.3, 0.4) is 0 Å². The van der Waals surface area contributed by atoms with Gasteiger partial charge in [0.15, 0.2) is 0 Å². The molecule has 44 heavy (non-hydrogen) atoms. The van der Waals surface area contributed by atoms with E-state index in [0.717, 1.165) is 37.0 Å². The van der Waals surface area contributed by atoms with Crippen molar-refractivity contribution in [2.75, 3.05) is 10.2 Å². The van der Waals surface area contributed by atoms with Crippen molar-refractivity contribution in [2.45, 2.75) is 71.1 Å². The first-order valence-electron chi connectivity index (χ1n) is 14.7. The highest BCUT2D eigenvalue weighted by atomic mass is 32.1. The minimum atomic E-state index is -0.620. The number of pyridine rings is 1. The summed E-state index contributed by atoms with van der Waals surface area (Å²) in [6.45, 7) is 7.36. The van der Waals surface area contributed by atoms with Crippen LogP contribution >= 0.6 is 11.3 Å². The number of alkyl carbamates (subject to hydrolysis) is 1. The molecule has 2 aromatic heterocycles. The Bertz CT molecular complexity index is 1730. The number of anilines is 3. The van der Waals surface area contributed by atoms with Crippen LogP contribution < -0.4 is 25.6 Å². The highest BCUT2D eigenvalue weighted by Gasteiger charge is 2.35. The van der Waals surface area contributed by atoms with E-state index in [4.69, 9.17) is 9.47 Å². The van der Waals surface area contributed by atoms with Gasteiger partial charge in [-0.1, -0.05) is 31.0 Å². The van der Waals surface area contributed by atoms with Crippen molar-refractivity contribution >= 4 is 56.6 Å². The molecule has 2 aliphatic rings. The molecule has 0 radical (unpaired) electrons. The molecule has 4 amide bonds. The summed E-state index contributed by atoms with van der Waals surface area (Å²) in [7, 11) is 0. The van der Waals surface area contributed by atoms with Gasteiger partial charge in [-0.15, -0.1) is 11.3 Å². The fraction of sp³-hybridized carbons (Fsp3) is 0.333. The van der Waals surface area contributed by atoms with Crippen molar-refractivity contribution < 1.29 is 23.9 Å². The fourth-order valence-corrected chi connectivity index (χ4v) is 6.74. The van der Waals surface area contributed by atoms with Crippen molar-refractivity contribution in [1.82, 2.24) is 15.6 Å². The number of urea groups is 1. The number of aromatic nitrogens is 1. The molecule has 1 saturated carbocycles. The van der Waals surface area contributed by atoms with E-state index in [0.29, 0.717) is 37.9 Å². The predicted molar refractivity (Wildman–Crippen MR) is 171 cm³/mol. The first-order valence-corrected chi connectivity index (χ1v) is 15.6. The Morgan fingerprint density at radius 1 is 0.977 bits per heavy atom. The molecule has 0 saturated heterocycles. The Hall–Kier alpha value is -4.64. The molecule has 228 valence electrons. The molecule has 2 atom stereocenters. The van der Waals surface area contributed by atoms with Crippen molar-refractivity contribution in [1.29, 1.82) is 0 Å². The van der Waals surface area contributed by atoms with Gasteiger partial charge in [0.1, 0.15) is 26.8 Å². The van der Waals surface area contributed by atoms with Crippen LogP contribution in [0.15, 0.2) is 60.8 Å². The van der Waals surface area contributed by atoms with Gasteiger partial charge in [0.05, 0.1) is 28.5 Å². The minimum absolute atomic E-state index is 0.260. The first-order chi connectivity index (χ1) is 21.1. The maximum absolute atomic E-state index is 13.7. The first kappa shape index (κ1) is 29.4. The number of hydrogen-bond donors (Lipinski definition) is 3. The molecule has 0 bridgehead atoms. The molecule has 1 aliphatic carbocycles.